The number of imide groups is 1. The number of rotatable bonds is 3. The third kappa shape index (κ3) is 3.44. The highest BCUT2D eigenvalue weighted by Gasteiger charge is 2.26. The van der Waals surface area contributed by atoms with Crippen molar-refractivity contribution in [1.29, 1.82) is 0 Å². The Kier molecular flexibility index (Phi) is 4.18. The highest BCUT2D eigenvalue weighted by atomic mass is 79.9. The molecule has 9 heteroatoms. The third-order valence-electron chi connectivity index (χ3n) is 2.50. The summed E-state index contributed by atoms with van der Waals surface area (Å²) in [5.41, 5.74) is 0. The monoisotopic (exact) mass is 343 g/mol. The molecule has 1 aliphatic heterocycles. The van der Waals surface area contributed by atoms with Gasteiger partial charge in [0.1, 0.15) is 13.1 Å². The standard InChI is InChI=1S/C11H10BrN3O5/c12-7-2-1-6(20-7)11(19)13-3-10(18)15-4-8(16)14-9(17)5-15/h1-2H,3-5H2,(H,13,19)(H,14,16,17). The van der Waals surface area contributed by atoms with Gasteiger partial charge in [0.2, 0.25) is 17.7 Å². The molecule has 0 aliphatic carbocycles. The van der Waals surface area contributed by atoms with Crippen LogP contribution in [0.5, 0.6) is 0 Å². The predicted molar refractivity (Wildman–Crippen MR) is 68.5 cm³/mol. The van der Waals surface area contributed by atoms with Gasteiger partial charge >= 0.3 is 0 Å². The molecule has 1 saturated heterocycles. The number of furan rings is 1. The van der Waals surface area contributed by atoms with Crippen LogP contribution < -0.4 is 10.6 Å². The van der Waals surface area contributed by atoms with Crippen molar-refractivity contribution in [1.82, 2.24) is 15.5 Å². The fraction of sp³-hybridized carbons (Fsp3) is 0.273. The lowest BCUT2D eigenvalue weighted by Gasteiger charge is -2.25. The zero-order valence-corrected chi connectivity index (χ0v) is 11.7. The van der Waals surface area contributed by atoms with Gasteiger partial charge < -0.3 is 14.6 Å². The van der Waals surface area contributed by atoms with Gasteiger partial charge in [-0.05, 0) is 28.1 Å². The van der Waals surface area contributed by atoms with Gasteiger partial charge in [0.25, 0.3) is 5.91 Å². The van der Waals surface area contributed by atoms with Crippen molar-refractivity contribution in [3.8, 4) is 0 Å². The fourth-order valence-corrected chi connectivity index (χ4v) is 1.91. The lowest BCUT2D eigenvalue weighted by atomic mass is 10.3. The Balaban J connectivity index is 1.87. The summed E-state index contributed by atoms with van der Waals surface area (Å²) >= 11 is 3.05. The molecule has 0 bridgehead atoms. The maximum atomic E-state index is 11.8. The van der Waals surface area contributed by atoms with Gasteiger partial charge in [-0.2, -0.15) is 0 Å². The lowest BCUT2D eigenvalue weighted by molar-refractivity contribution is -0.144. The number of piperazine rings is 1. The van der Waals surface area contributed by atoms with E-state index in [4.69, 9.17) is 4.42 Å². The van der Waals surface area contributed by atoms with Crippen molar-refractivity contribution in [2.45, 2.75) is 0 Å². The SMILES string of the molecule is O=C1CN(C(=O)CNC(=O)c2ccc(Br)o2)CC(=O)N1. The minimum Gasteiger partial charge on any atom is -0.444 e. The number of carbonyl (C=O) groups is 4. The Morgan fingerprint density at radius 3 is 2.50 bits per heavy atom. The van der Waals surface area contributed by atoms with Crippen LogP contribution in [0.4, 0.5) is 0 Å². The van der Waals surface area contributed by atoms with Crippen LogP contribution in [0.3, 0.4) is 0 Å². The molecule has 1 aliphatic rings. The normalized spacial score (nSPS) is 14.9. The molecule has 0 saturated carbocycles. The summed E-state index contributed by atoms with van der Waals surface area (Å²) in [5.74, 6) is -2.12. The maximum absolute atomic E-state index is 11.8. The van der Waals surface area contributed by atoms with Crippen molar-refractivity contribution in [3.05, 3.63) is 22.6 Å². The quantitative estimate of drug-likeness (QED) is 0.702. The molecular formula is C11H10BrN3O5. The molecule has 20 heavy (non-hydrogen) atoms. The molecule has 106 valence electrons. The number of hydrogen-bond acceptors (Lipinski definition) is 5. The van der Waals surface area contributed by atoms with Crippen LogP contribution in [-0.2, 0) is 14.4 Å². The Bertz CT molecular complexity index is 566. The number of hydrogen-bond donors (Lipinski definition) is 2. The van der Waals surface area contributed by atoms with Crippen molar-refractivity contribution < 1.29 is 23.6 Å². The van der Waals surface area contributed by atoms with Crippen LogP contribution in [0.25, 0.3) is 0 Å². The smallest absolute Gasteiger partial charge is 0.287 e. The van der Waals surface area contributed by atoms with Crippen molar-refractivity contribution in [2.24, 2.45) is 0 Å². The first-order valence-corrected chi connectivity index (χ1v) is 6.39. The van der Waals surface area contributed by atoms with E-state index in [0.29, 0.717) is 4.67 Å². The van der Waals surface area contributed by atoms with E-state index in [0.717, 1.165) is 4.90 Å². The molecule has 1 aromatic rings. The summed E-state index contributed by atoms with van der Waals surface area (Å²) in [5, 5.41) is 4.43. The average molecular weight is 344 g/mol. The Morgan fingerprint density at radius 1 is 1.30 bits per heavy atom. The van der Waals surface area contributed by atoms with Crippen molar-refractivity contribution in [3.63, 3.8) is 0 Å². The second-order valence-electron chi connectivity index (χ2n) is 4.01. The molecule has 1 aromatic heterocycles. The van der Waals surface area contributed by atoms with Gasteiger partial charge in [0.05, 0.1) is 6.54 Å². The van der Waals surface area contributed by atoms with Crippen LogP contribution in [0.1, 0.15) is 10.6 Å². The molecule has 0 spiro atoms. The minimum absolute atomic E-state index is 0.0529. The first-order chi connectivity index (χ1) is 9.45. The van der Waals surface area contributed by atoms with E-state index in [9.17, 15) is 19.2 Å². The van der Waals surface area contributed by atoms with Crippen molar-refractivity contribution >= 4 is 39.6 Å². The number of carbonyl (C=O) groups excluding carboxylic acids is 4. The Morgan fingerprint density at radius 2 is 1.95 bits per heavy atom. The Hall–Kier alpha value is -2.16. The first-order valence-electron chi connectivity index (χ1n) is 5.59. The lowest BCUT2D eigenvalue weighted by Crippen LogP contribution is -2.55. The van der Waals surface area contributed by atoms with Crippen LogP contribution in [0, 0.1) is 0 Å². The number of halogens is 1. The van der Waals surface area contributed by atoms with Gasteiger partial charge in [-0.15, -0.1) is 0 Å². The fourth-order valence-electron chi connectivity index (χ4n) is 1.60. The summed E-state index contributed by atoms with van der Waals surface area (Å²) < 4.78 is 5.41. The predicted octanol–water partition coefficient (Wildman–Crippen LogP) is -0.743. The van der Waals surface area contributed by atoms with Crippen LogP contribution in [0.15, 0.2) is 21.2 Å². The third-order valence-corrected chi connectivity index (χ3v) is 2.92. The molecular weight excluding hydrogens is 334 g/mol. The summed E-state index contributed by atoms with van der Waals surface area (Å²) in [4.78, 5) is 46.7. The van der Waals surface area contributed by atoms with Crippen LogP contribution in [-0.4, -0.2) is 48.2 Å². The average Bonchev–Trinajstić information content (AvgIpc) is 2.81. The number of nitrogens with one attached hydrogen (secondary N) is 2. The zero-order chi connectivity index (χ0) is 14.7. The second kappa shape index (κ2) is 5.87. The van der Waals surface area contributed by atoms with Crippen LogP contribution >= 0.6 is 15.9 Å². The molecule has 2 heterocycles. The van der Waals surface area contributed by atoms with E-state index >= 15 is 0 Å². The molecule has 0 radical (unpaired) electrons. The highest BCUT2D eigenvalue weighted by molar-refractivity contribution is 9.10. The first kappa shape index (κ1) is 14.3. The number of nitrogens with zero attached hydrogens (tertiary/aromatic N) is 1. The topological polar surface area (TPSA) is 109 Å². The largest absolute Gasteiger partial charge is 0.444 e. The van der Waals surface area contributed by atoms with E-state index in [1.807, 2.05) is 0 Å². The van der Waals surface area contributed by atoms with Gasteiger partial charge in [-0.3, -0.25) is 24.5 Å². The van der Waals surface area contributed by atoms with E-state index in [2.05, 4.69) is 26.6 Å². The van der Waals surface area contributed by atoms with Gasteiger partial charge in [-0.25, -0.2) is 0 Å². The molecule has 0 unspecified atom stereocenters. The second-order valence-corrected chi connectivity index (χ2v) is 4.79. The molecule has 2 rings (SSSR count). The van der Waals surface area contributed by atoms with Crippen LogP contribution in [0.2, 0.25) is 0 Å². The minimum atomic E-state index is -0.558. The maximum Gasteiger partial charge on any atom is 0.287 e. The molecule has 4 amide bonds. The summed E-state index contributed by atoms with van der Waals surface area (Å²) in [6, 6.07) is 2.99. The molecule has 1 fully saturated rings. The zero-order valence-electron chi connectivity index (χ0n) is 10.1. The van der Waals surface area contributed by atoms with E-state index < -0.39 is 23.6 Å². The summed E-state index contributed by atoms with van der Waals surface area (Å²) in [6.45, 7) is -0.725. The number of amides is 4. The molecule has 0 atom stereocenters. The Labute approximate surface area is 121 Å². The van der Waals surface area contributed by atoms with E-state index in [1.165, 1.54) is 6.07 Å². The summed E-state index contributed by atoms with van der Waals surface area (Å²) in [6.07, 6.45) is 0. The molecule has 2 N–H and O–H groups in total. The molecule has 8 nitrogen and oxygen atoms in total. The van der Waals surface area contributed by atoms with Gasteiger partial charge in [0.15, 0.2) is 10.4 Å². The van der Waals surface area contributed by atoms with E-state index in [1.54, 1.807) is 6.07 Å². The van der Waals surface area contributed by atoms with Gasteiger partial charge in [0, 0.05) is 0 Å². The molecule has 0 aromatic carbocycles. The van der Waals surface area contributed by atoms with E-state index in [-0.39, 0.29) is 25.4 Å². The highest BCUT2D eigenvalue weighted by Crippen LogP contribution is 2.13. The van der Waals surface area contributed by atoms with Crippen molar-refractivity contribution in [2.75, 3.05) is 19.6 Å². The van der Waals surface area contributed by atoms with Gasteiger partial charge in [-0.1, -0.05) is 0 Å². The summed E-state index contributed by atoms with van der Waals surface area (Å²) in [7, 11) is 0.